The lowest BCUT2D eigenvalue weighted by Crippen LogP contribution is -2.33. The van der Waals surface area contributed by atoms with Gasteiger partial charge in [-0.3, -0.25) is 4.90 Å². The van der Waals surface area contributed by atoms with Gasteiger partial charge in [0.15, 0.2) is 11.5 Å². The number of benzene rings is 2. The Morgan fingerprint density at radius 3 is 2.58 bits per heavy atom. The van der Waals surface area contributed by atoms with Gasteiger partial charge in [0.25, 0.3) is 0 Å². The molecular formula is C20H24Cl2N2O2. The van der Waals surface area contributed by atoms with Crippen molar-refractivity contribution in [2.45, 2.75) is 12.5 Å². The van der Waals surface area contributed by atoms with Crippen LogP contribution in [0.2, 0.25) is 10.0 Å². The summed E-state index contributed by atoms with van der Waals surface area (Å²) in [5.74, 6) is 1.42. The molecule has 0 aliphatic carbocycles. The second kappa shape index (κ2) is 8.96. The van der Waals surface area contributed by atoms with Crippen LogP contribution in [-0.4, -0.2) is 45.3 Å². The molecule has 1 saturated heterocycles. The molecule has 1 fully saturated rings. The molecule has 0 aromatic heterocycles. The molecule has 6 heteroatoms. The summed E-state index contributed by atoms with van der Waals surface area (Å²) in [5.41, 5.74) is 2.11. The third-order valence-electron chi connectivity index (χ3n) is 4.74. The number of nitrogens with one attached hydrogen (secondary N) is 1. The summed E-state index contributed by atoms with van der Waals surface area (Å²) in [7, 11) is 3.29. The zero-order valence-electron chi connectivity index (χ0n) is 15.1. The predicted octanol–water partition coefficient (Wildman–Crippen LogP) is 4.40. The Hall–Kier alpha value is -1.46. The lowest BCUT2D eigenvalue weighted by Gasteiger charge is -2.32. The standard InChI is InChI=1S/C20H24Cl2N2O2/c1-25-17-8-7-14(13-18(17)26-2)20(24-11-4-9-23-10-12-24)15-5-3-6-16(21)19(15)22/h3,5-8,13,20,23H,4,9-12H2,1-2H3. The van der Waals surface area contributed by atoms with Gasteiger partial charge in [0.2, 0.25) is 0 Å². The Morgan fingerprint density at radius 1 is 1.00 bits per heavy atom. The highest BCUT2D eigenvalue weighted by Gasteiger charge is 2.26. The van der Waals surface area contributed by atoms with Gasteiger partial charge >= 0.3 is 0 Å². The van der Waals surface area contributed by atoms with Crippen molar-refractivity contribution in [2.75, 3.05) is 40.4 Å². The Kier molecular flexibility index (Phi) is 6.65. The molecule has 140 valence electrons. The van der Waals surface area contributed by atoms with Gasteiger partial charge in [0, 0.05) is 19.6 Å². The quantitative estimate of drug-likeness (QED) is 0.814. The van der Waals surface area contributed by atoms with Crippen molar-refractivity contribution in [1.82, 2.24) is 10.2 Å². The molecule has 26 heavy (non-hydrogen) atoms. The highest BCUT2D eigenvalue weighted by Crippen LogP contribution is 2.39. The summed E-state index contributed by atoms with van der Waals surface area (Å²) in [4.78, 5) is 2.44. The maximum Gasteiger partial charge on any atom is 0.161 e. The molecule has 0 saturated carbocycles. The van der Waals surface area contributed by atoms with Gasteiger partial charge in [0.05, 0.1) is 30.3 Å². The van der Waals surface area contributed by atoms with E-state index in [0.29, 0.717) is 21.5 Å². The lowest BCUT2D eigenvalue weighted by molar-refractivity contribution is 0.240. The van der Waals surface area contributed by atoms with Crippen molar-refractivity contribution in [1.29, 1.82) is 0 Å². The maximum atomic E-state index is 6.60. The second-order valence-corrected chi connectivity index (χ2v) is 7.08. The minimum absolute atomic E-state index is 0.000839. The predicted molar refractivity (Wildman–Crippen MR) is 107 cm³/mol. The Morgan fingerprint density at radius 2 is 1.81 bits per heavy atom. The van der Waals surface area contributed by atoms with Crippen LogP contribution < -0.4 is 14.8 Å². The second-order valence-electron chi connectivity index (χ2n) is 6.30. The molecule has 1 atom stereocenters. The van der Waals surface area contributed by atoms with Crippen LogP contribution in [-0.2, 0) is 0 Å². The van der Waals surface area contributed by atoms with Gasteiger partial charge in [-0.1, -0.05) is 41.4 Å². The topological polar surface area (TPSA) is 33.7 Å². The average molecular weight is 395 g/mol. The molecule has 1 heterocycles. The van der Waals surface area contributed by atoms with Gasteiger partial charge in [-0.15, -0.1) is 0 Å². The molecule has 3 rings (SSSR count). The molecule has 1 N–H and O–H groups in total. The zero-order valence-corrected chi connectivity index (χ0v) is 16.6. The minimum atomic E-state index is 0.000839. The Balaban J connectivity index is 2.09. The monoisotopic (exact) mass is 394 g/mol. The van der Waals surface area contributed by atoms with E-state index >= 15 is 0 Å². The summed E-state index contributed by atoms with van der Waals surface area (Å²) in [6, 6.07) is 11.9. The molecule has 2 aromatic carbocycles. The highest BCUT2D eigenvalue weighted by molar-refractivity contribution is 6.42. The van der Waals surface area contributed by atoms with Crippen molar-refractivity contribution in [2.24, 2.45) is 0 Å². The summed E-state index contributed by atoms with van der Waals surface area (Å²) in [5, 5.41) is 4.63. The van der Waals surface area contributed by atoms with Gasteiger partial charge in [-0.25, -0.2) is 0 Å². The summed E-state index contributed by atoms with van der Waals surface area (Å²) < 4.78 is 10.9. The summed E-state index contributed by atoms with van der Waals surface area (Å²) in [6.45, 7) is 3.89. The number of ether oxygens (including phenoxy) is 2. The van der Waals surface area contributed by atoms with Crippen LogP contribution in [0, 0.1) is 0 Å². The van der Waals surface area contributed by atoms with E-state index in [1.807, 2.05) is 30.3 Å². The molecule has 1 aliphatic heterocycles. The molecule has 1 aliphatic rings. The number of halogens is 2. The van der Waals surface area contributed by atoms with E-state index in [1.165, 1.54) is 0 Å². The Labute approximate surface area is 165 Å². The molecule has 0 radical (unpaired) electrons. The SMILES string of the molecule is COc1ccc(C(c2cccc(Cl)c2Cl)N2CCCNCC2)cc1OC. The van der Waals surface area contributed by atoms with Gasteiger partial charge in [-0.05, 0) is 42.3 Å². The maximum absolute atomic E-state index is 6.60. The van der Waals surface area contributed by atoms with Crippen LogP contribution in [0.4, 0.5) is 0 Å². The fraction of sp³-hybridized carbons (Fsp3) is 0.400. The van der Waals surface area contributed by atoms with Crippen LogP contribution in [0.5, 0.6) is 11.5 Å². The van der Waals surface area contributed by atoms with E-state index in [0.717, 1.165) is 43.7 Å². The molecule has 0 bridgehead atoms. The first-order chi connectivity index (χ1) is 12.7. The van der Waals surface area contributed by atoms with Gasteiger partial charge in [0.1, 0.15) is 0 Å². The van der Waals surface area contributed by atoms with Crippen LogP contribution in [0.3, 0.4) is 0 Å². The van der Waals surface area contributed by atoms with E-state index in [4.69, 9.17) is 32.7 Å². The smallest absolute Gasteiger partial charge is 0.161 e. The summed E-state index contributed by atoms with van der Waals surface area (Å²) in [6.07, 6.45) is 1.09. The van der Waals surface area contributed by atoms with Crippen LogP contribution in [0.15, 0.2) is 36.4 Å². The third kappa shape index (κ3) is 4.09. The first-order valence-corrected chi connectivity index (χ1v) is 9.52. The van der Waals surface area contributed by atoms with E-state index < -0.39 is 0 Å². The van der Waals surface area contributed by atoms with Gasteiger partial charge in [-0.2, -0.15) is 0 Å². The van der Waals surface area contributed by atoms with Crippen molar-refractivity contribution in [3.8, 4) is 11.5 Å². The van der Waals surface area contributed by atoms with E-state index in [2.05, 4.69) is 16.3 Å². The van der Waals surface area contributed by atoms with Crippen molar-refractivity contribution in [3.05, 3.63) is 57.6 Å². The van der Waals surface area contributed by atoms with Crippen LogP contribution >= 0.6 is 23.2 Å². The number of hydrogen-bond donors (Lipinski definition) is 1. The van der Waals surface area contributed by atoms with Crippen molar-refractivity contribution < 1.29 is 9.47 Å². The summed E-state index contributed by atoms with van der Waals surface area (Å²) >= 11 is 12.9. The molecule has 1 unspecified atom stereocenters. The highest BCUT2D eigenvalue weighted by atomic mass is 35.5. The van der Waals surface area contributed by atoms with E-state index in [-0.39, 0.29) is 6.04 Å². The normalized spacial score (nSPS) is 16.8. The molecular weight excluding hydrogens is 371 g/mol. The molecule has 0 amide bonds. The van der Waals surface area contributed by atoms with Crippen molar-refractivity contribution >= 4 is 23.2 Å². The Bertz CT molecular complexity index is 747. The molecule has 0 spiro atoms. The number of nitrogens with zero attached hydrogens (tertiary/aromatic N) is 1. The first-order valence-electron chi connectivity index (χ1n) is 8.76. The number of hydrogen-bond acceptors (Lipinski definition) is 4. The zero-order chi connectivity index (χ0) is 18.5. The fourth-order valence-electron chi connectivity index (χ4n) is 3.47. The first kappa shape index (κ1) is 19.3. The molecule has 2 aromatic rings. The van der Waals surface area contributed by atoms with Crippen LogP contribution in [0.1, 0.15) is 23.6 Å². The number of rotatable bonds is 5. The van der Waals surface area contributed by atoms with Crippen molar-refractivity contribution in [3.63, 3.8) is 0 Å². The third-order valence-corrected chi connectivity index (χ3v) is 5.57. The van der Waals surface area contributed by atoms with E-state index in [9.17, 15) is 0 Å². The minimum Gasteiger partial charge on any atom is -0.493 e. The molecule has 4 nitrogen and oxygen atoms in total. The largest absolute Gasteiger partial charge is 0.493 e. The fourth-order valence-corrected chi connectivity index (χ4v) is 3.88. The lowest BCUT2D eigenvalue weighted by atomic mass is 9.96. The van der Waals surface area contributed by atoms with E-state index in [1.54, 1.807) is 14.2 Å². The van der Waals surface area contributed by atoms with Gasteiger partial charge < -0.3 is 14.8 Å². The average Bonchev–Trinajstić information content (AvgIpc) is 2.94. The number of methoxy groups -OCH3 is 2. The van der Waals surface area contributed by atoms with Crippen LogP contribution in [0.25, 0.3) is 0 Å².